The first-order valence-corrected chi connectivity index (χ1v) is 7.57. The summed E-state index contributed by atoms with van der Waals surface area (Å²) in [7, 11) is 0. The molecule has 3 unspecified atom stereocenters. The van der Waals surface area contributed by atoms with Crippen LogP contribution >= 0.6 is 0 Å². The van der Waals surface area contributed by atoms with Crippen LogP contribution in [0.5, 0.6) is 0 Å². The topological polar surface area (TPSA) is 35.5 Å². The second-order valence-corrected chi connectivity index (χ2v) is 6.07. The summed E-state index contributed by atoms with van der Waals surface area (Å²) in [5.41, 5.74) is 0. The molecule has 102 valence electrons. The van der Waals surface area contributed by atoms with Gasteiger partial charge in [-0.15, -0.1) is 0 Å². The molecule has 0 bridgehead atoms. The van der Waals surface area contributed by atoms with Crippen molar-refractivity contribution in [2.45, 2.75) is 57.7 Å². The number of ketones is 1. The van der Waals surface area contributed by atoms with E-state index in [0.717, 1.165) is 51.7 Å². The zero-order valence-corrected chi connectivity index (χ0v) is 11.3. The lowest BCUT2D eigenvalue weighted by molar-refractivity contribution is -0.236. The standard InChI is InChI=1S/C15H24O3/c1-2-4-12-11-5-3-8-15(17-9-10-18-15)13(11)6-7-14(12)16/h11-13H,2-10H2,1H3. The van der Waals surface area contributed by atoms with Gasteiger partial charge in [-0.3, -0.25) is 4.79 Å². The Kier molecular flexibility index (Phi) is 3.46. The van der Waals surface area contributed by atoms with E-state index in [-0.39, 0.29) is 11.7 Å². The van der Waals surface area contributed by atoms with Crippen molar-refractivity contribution in [3.63, 3.8) is 0 Å². The Morgan fingerprint density at radius 3 is 2.78 bits per heavy atom. The summed E-state index contributed by atoms with van der Waals surface area (Å²) >= 11 is 0. The molecule has 3 fully saturated rings. The van der Waals surface area contributed by atoms with Crippen LogP contribution in [0.4, 0.5) is 0 Å². The van der Waals surface area contributed by atoms with Crippen molar-refractivity contribution in [3.05, 3.63) is 0 Å². The lowest BCUT2D eigenvalue weighted by atomic mass is 9.61. The predicted molar refractivity (Wildman–Crippen MR) is 68.1 cm³/mol. The molecule has 3 atom stereocenters. The van der Waals surface area contributed by atoms with Crippen LogP contribution in [0, 0.1) is 17.8 Å². The first kappa shape index (κ1) is 12.6. The molecule has 0 amide bonds. The van der Waals surface area contributed by atoms with Crippen molar-refractivity contribution in [3.8, 4) is 0 Å². The normalized spacial score (nSPS) is 38.9. The summed E-state index contributed by atoms with van der Waals surface area (Å²) in [5, 5.41) is 0. The molecule has 0 N–H and O–H groups in total. The van der Waals surface area contributed by atoms with Crippen molar-refractivity contribution in [1.82, 2.24) is 0 Å². The van der Waals surface area contributed by atoms with Gasteiger partial charge in [-0.1, -0.05) is 13.3 Å². The Hall–Kier alpha value is -0.410. The molecule has 1 saturated heterocycles. The second-order valence-electron chi connectivity index (χ2n) is 6.07. The van der Waals surface area contributed by atoms with Gasteiger partial charge in [0.05, 0.1) is 13.2 Å². The number of carbonyl (C=O) groups is 1. The molecule has 1 heterocycles. The van der Waals surface area contributed by atoms with Crippen LogP contribution in [0.25, 0.3) is 0 Å². The highest BCUT2D eigenvalue weighted by Crippen LogP contribution is 2.51. The minimum Gasteiger partial charge on any atom is -0.347 e. The van der Waals surface area contributed by atoms with Crippen LogP contribution in [-0.2, 0) is 14.3 Å². The third-order valence-corrected chi connectivity index (χ3v) is 5.15. The Balaban J connectivity index is 1.83. The highest BCUT2D eigenvalue weighted by Gasteiger charge is 2.54. The van der Waals surface area contributed by atoms with Crippen LogP contribution in [0.15, 0.2) is 0 Å². The zero-order valence-electron chi connectivity index (χ0n) is 11.3. The van der Waals surface area contributed by atoms with E-state index in [1.165, 1.54) is 6.42 Å². The van der Waals surface area contributed by atoms with Gasteiger partial charge in [0.1, 0.15) is 5.78 Å². The van der Waals surface area contributed by atoms with Gasteiger partial charge in [0, 0.05) is 24.7 Å². The summed E-state index contributed by atoms with van der Waals surface area (Å²) in [6.07, 6.45) is 7.24. The average molecular weight is 252 g/mol. The SMILES string of the molecule is CCCC1C(=O)CCC2C1CCCC21OCCO1. The summed E-state index contributed by atoms with van der Waals surface area (Å²) in [6.45, 7) is 3.64. The zero-order chi connectivity index (χ0) is 12.6. The van der Waals surface area contributed by atoms with Crippen LogP contribution < -0.4 is 0 Å². The number of hydrogen-bond acceptors (Lipinski definition) is 3. The number of fused-ring (bicyclic) bond motifs is 2. The summed E-state index contributed by atoms with van der Waals surface area (Å²) in [5.74, 6) is 1.42. The molecule has 0 aromatic rings. The maximum absolute atomic E-state index is 12.2. The van der Waals surface area contributed by atoms with E-state index in [1.54, 1.807) is 0 Å². The highest BCUT2D eigenvalue weighted by atomic mass is 16.7. The van der Waals surface area contributed by atoms with Gasteiger partial charge in [-0.25, -0.2) is 0 Å². The number of hydrogen-bond donors (Lipinski definition) is 0. The molecule has 2 saturated carbocycles. The monoisotopic (exact) mass is 252 g/mol. The van der Waals surface area contributed by atoms with Gasteiger partial charge in [-0.2, -0.15) is 0 Å². The molecule has 1 spiro atoms. The van der Waals surface area contributed by atoms with Crippen molar-refractivity contribution >= 4 is 5.78 Å². The lowest BCUT2D eigenvalue weighted by Gasteiger charge is -2.49. The molecule has 1 aliphatic heterocycles. The van der Waals surface area contributed by atoms with Crippen molar-refractivity contribution < 1.29 is 14.3 Å². The number of rotatable bonds is 2. The fourth-order valence-electron chi connectivity index (χ4n) is 4.45. The van der Waals surface area contributed by atoms with E-state index < -0.39 is 0 Å². The molecule has 3 heteroatoms. The van der Waals surface area contributed by atoms with Crippen LogP contribution in [0.1, 0.15) is 51.9 Å². The minimum absolute atomic E-state index is 0.277. The van der Waals surface area contributed by atoms with E-state index in [2.05, 4.69) is 6.92 Å². The molecule has 3 nitrogen and oxygen atoms in total. The molecule has 0 aromatic heterocycles. The van der Waals surface area contributed by atoms with Gasteiger partial charge >= 0.3 is 0 Å². The molecule has 0 aromatic carbocycles. The molecule has 3 aliphatic rings. The molecule has 2 aliphatic carbocycles. The summed E-state index contributed by atoms with van der Waals surface area (Å²) in [6, 6.07) is 0. The van der Waals surface area contributed by atoms with Gasteiger partial charge in [0.25, 0.3) is 0 Å². The maximum atomic E-state index is 12.2. The van der Waals surface area contributed by atoms with Gasteiger partial charge < -0.3 is 9.47 Å². The Morgan fingerprint density at radius 1 is 1.28 bits per heavy atom. The van der Waals surface area contributed by atoms with Crippen molar-refractivity contribution in [1.29, 1.82) is 0 Å². The van der Waals surface area contributed by atoms with E-state index in [9.17, 15) is 4.79 Å². The fourth-order valence-corrected chi connectivity index (χ4v) is 4.45. The first-order chi connectivity index (χ1) is 8.77. The smallest absolute Gasteiger partial charge is 0.171 e. The first-order valence-electron chi connectivity index (χ1n) is 7.57. The van der Waals surface area contributed by atoms with Crippen molar-refractivity contribution in [2.24, 2.45) is 17.8 Å². The second kappa shape index (κ2) is 4.93. The Labute approximate surface area is 109 Å². The third kappa shape index (κ3) is 1.92. The van der Waals surface area contributed by atoms with Crippen LogP contribution in [0.2, 0.25) is 0 Å². The lowest BCUT2D eigenvalue weighted by Crippen LogP contribution is -2.51. The Bertz CT molecular complexity index is 320. The van der Waals surface area contributed by atoms with E-state index in [1.807, 2.05) is 0 Å². The number of carbonyl (C=O) groups excluding carboxylic acids is 1. The number of Topliss-reactive ketones (excluding diaryl/α,β-unsaturated/α-hetero) is 1. The van der Waals surface area contributed by atoms with E-state index in [4.69, 9.17) is 9.47 Å². The quantitative estimate of drug-likeness (QED) is 0.758. The third-order valence-electron chi connectivity index (χ3n) is 5.15. The van der Waals surface area contributed by atoms with E-state index in [0.29, 0.717) is 17.6 Å². The largest absolute Gasteiger partial charge is 0.347 e. The van der Waals surface area contributed by atoms with Crippen molar-refractivity contribution in [2.75, 3.05) is 13.2 Å². The summed E-state index contributed by atoms with van der Waals surface area (Å²) in [4.78, 5) is 12.2. The van der Waals surface area contributed by atoms with Crippen LogP contribution in [-0.4, -0.2) is 24.8 Å². The average Bonchev–Trinajstić information content (AvgIpc) is 2.83. The van der Waals surface area contributed by atoms with Crippen LogP contribution in [0.3, 0.4) is 0 Å². The highest BCUT2D eigenvalue weighted by molar-refractivity contribution is 5.82. The number of ether oxygens (including phenoxy) is 2. The predicted octanol–water partition coefficient (Wildman–Crippen LogP) is 2.93. The van der Waals surface area contributed by atoms with Gasteiger partial charge in [-0.05, 0) is 31.6 Å². The van der Waals surface area contributed by atoms with E-state index >= 15 is 0 Å². The Morgan fingerprint density at radius 2 is 2.06 bits per heavy atom. The molecule has 18 heavy (non-hydrogen) atoms. The molecule has 0 radical (unpaired) electrons. The molecule has 3 rings (SSSR count). The summed E-state index contributed by atoms with van der Waals surface area (Å²) < 4.78 is 12.0. The maximum Gasteiger partial charge on any atom is 0.171 e. The minimum atomic E-state index is -0.324. The van der Waals surface area contributed by atoms with Gasteiger partial charge in [0.15, 0.2) is 5.79 Å². The fraction of sp³-hybridized carbons (Fsp3) is 0.933. The molecular weight excluding hydrogens is 228 g/mol. The molecular formula is C15H24O3. The van der Waals surface area contributed by atoms with Gasteiger partial charge in [0.2, 0.25) is 0 Å².